The predicted octanol–water partition coefficient (Wildman–Crippen LogP) is 1.32. The number of benzene rings is 1. The number of ether oxygens (including phenoxy) is 1. The summed E-state index contributed by atoms with van der Waals surface area (Å²) in [5.74, 6) is 0. The van der Waals surface area contributed by atoms with Gasteiger partial charge >= 0.3 is 6.09 Å². The second-order valence-corrected chi connectivity index (χ2v) is 3.07. The number of amides is 1. The van der Waals surface area contributed by atoms with Crippen LogP contribution >= 0.6 is 12.2 Å². The smallest absolute Gasteiger partial charge is 0.413 e. The molecule has 0 unspecified atom stereocenters. The molecule has 1 amide bonds. The Hall–Kier alpha value is -1.82. The zero-order chi connectivity index (χ0) is 11.3. The summed E-state index contributed by atoms with van der Waals surface area (Å²) in [5, 5.41) is 5.22. The first kappa shape index (κ1) is 11.3. The lowest BCUT2D eigenvalue weighted by atomic mass is 10.3. The van der Waals surface area contributed by atoms with Gasteiger partial charge in [-0.25, -0.2) is 4.79 Å². The molecule has 4 N–H and O–H groups in total. The average Bonchev–Trinajstić information content (AvgIpc) is 2.21. The fourth-order valence-corrected chi connectivity index (χ4v) is 1.10. The number of hydrogen-bond donors (Lipinski definition) is 3. The van der Waals surface area contributed by atoms with Gasteiger partial charge in [0, 0.05) is 0 Å². The summed E-state index contributed by atoms with van der Waals surface area (Å²) in [5.41, 5.74) is 6.85. The number of thiocarbonyl (C=S) groups is 1. The number of rotatable bonds is 1. The highest BCUT2D eigenvalue weighted by Gasteiger charge is 2.04. The lowest BCUT2D eigenvalue weighted by molar-refractivity contribution is 0.177. The first-order valence-electron chi connectivity index (χ1n) is 4.14. The molecule has 1 aromatic rings. The van der Waals surface area contributed by atoms with Crippen molar-refractivity contribution in [1.82, 2.24) is 5.32 Å². The van der Waals surface area contributed by atoms with Crippen molar-refractivity contribution in [1.29, 1.82) is 0 Å². The zero-order valence-electron chi connectivity index (χ0n) is 8.11. The van der Waals surface area contributed by atoms with E-state index in [9.17, 15) is 4.79 Å². The highest BCUT2D eigenvalue weighted by Crippen LogP contribution is 2.16. The van der Waals surface area contributed by atoms with E-state index in [-0.39, 0.29) is 5.11 Å². The fourth-order valence-electron chi connectivity index (χ4n) is 0.908. The number of alkyl carbamates (subject to hydrolysis) is 1. The van der Waals surface area contributed by atoms with E-state index in [1.165, 1.54) is 7.11 Å². The number of nitrogens with two attached hydrogens (primary N) is 1. The van der Waals surface area contributed by atoms with Crippen molar-refractivity contribution in [2.45, 2.75) is 0 Å². The molecule has 5 nitrogen and oxygen atoms in total. The van der Waals surface area contributed by atoms with Gasteiger partial charge in [0.2, 0.25) is 0 Å². The Kier molecular flexibility index (Phi) is 3.87. The van der Waals surface area contributed by atoms with Crippen LogP contribution in [0.25, 0.3) is 0 Å². The molecule has 0 bridgehead atoms. The van der Waals surface area contributed by atoms with Crippen molar-refractivity contribution in [2.75, 3.05) is 18.2 Å². The lowest BCUT2D eigenvalue weighted by Crippen LogP contribution is -2.34. The fraction of sp³-hybridized carbons (Fsp3) is 0.111. The Labute approximate surface area is 92.6 Å². The van der Waals surface area contributed by atoms with E-state index in [4.69, 9.17) is 18.0 Å². The largest absolute Gasteiger partial charge is 0.453 e. The van der Waals surface area contributed by atoms with Gasteiger partial charge in [0.15, 0.2) is 5.11 Å². The molecular formula is C9H11N3O2S. The highest BCUT2D eigenvalue weighted by molar-refractivity contribution is 7.80. The van der Waals surface area contributed by atoms with E-state index < -0.39 is 6.09 Å². The summed E-state index contributed by atoms with van der Waals surface area (Å²) in [6.45, 7) is 0. The van der Waals surface area contributed by atoms with Gasteiger partial charge in [-0.1, -0.05) is 12.1 Å². The maximum atomic E-state index is 10.8. The topological polar surface area (TPSA) is 76.4 Å². The SMILES string of the molecule is COC(=O)NC(=S)Nc1ccccc1N. The Morgan fingerprint density at radius 3 is 2.73 bits per heavy atom. The van der Waals surface area contributed by atoms with Gasteiger partial charge in [-0.15, -0.1) is 0 Å². The summed E-state index contributed by atoms with van der Waals surface area (Å²) in [7, 11) is 1.26. The van der Waals surface area contributed by atoms with Gasteiger partial charge in [-0.05, 0) is 24.4 Å². The lowest BCUT2D eigenvalue weighted by Gasteiger charge is -2.10. The summed E-state index contributed by atoms with van der Waals surface area (Å²) in [6.07, 6.45) is -0.623. The van der Waals surface area contributed by atoms with Crippen molar-refractivity contribution in [3.05, 3.63) is 24.3 Å². The molecule has 0 aliphatic heterocycles. The molecule has 0 fully saturated rings. The molecule has 0 saturated carbocycles. The van der Waals surface area contributed by atoms with Crippen molar-refractivity contribution in [3.63, 3.8) is 0 Å². The summed E-state index contributed by atoms with van der Waals surface area (Å²) >= 11 is 4.86. The maximum Gasteiger partial charge on any atom is 0.413 e. The van der Waals surface area contributed by atoms with Gasteiger partial charge in [0.25, 0.3) is 0 Å². The van der Waals surface area contributed by atoms with Crippen LogP contribution in [0.4, 0.5) is 16.2 Å². The van der Waals surface area contributed by atoms with Crippen molar-refractivity contribution >= 4 is 34.8 Å². The third kappa shape index (κ3) is 3.43. The number of para-hydroxylation sites is 2. The van der Waals surface area contributed by atoms with Crippen LogP contribution in [-0.4, -0.2) is 18.3 Å². The second kappa shape index (κ2) is 5.16. The molecule has 0 spiro atoms. The number of methoxy groups -OCH3 is 1. The summed E-state index contributed by atoms with van der Waals surface area (Å²) in [6, 6.07) is 7.08. The Morgan fingerprint density at radius 2 is 2.13 bits per heavy atom. The van der Waals surface area contributed by atoms with Crippen molar-refractivity contribution in [3.8, 4) is 0 Å². The van der Waals surface area contributed by atoms with Crippen molar-refractivity contribution < 1.29 is 9.53 Å². The number of nitrogen functional groups attached to an aromatic ring is 1. The van der Waals surface area contributed by atoms with E-state index in [2.05, 4.69) is 15.4 Å². The number of carbonyl (C=O) groups excluding carboxylic acids is 1. The van der Waals surface area contributed by atoms with Gasteiger partial charge in [0.1, 0.15) is 0 Å². The number of anilines is 2. The summed E-state index contributed by atoms with van der Waals surface area (Å²) < 4.78 is 4.38. The van der Waals surface area contributed by atoms with Crippen LogP contribution < -0.4 is 16.4 Å². The minimum atomic E-state index is -0.623. The monoisotopic (exact) mass is 225 g/mol. The van der Waals surface area contributed by atoms with Crippen LogP contribution in [0, 0.1) is 0 Å². The maximum absolute atomic E-state index is 10.8. The number of carbonyl (C=O) groups is 1. The molecule has 0 radical (unpaired) electrons. The van der Waals surface area contributed by atoms with Crippen LogP contribution in [0.1, 0.15) is 0 Å². The molecule has 6 heteroatoms. The Bertz CT molecular complexity index is 381. The standard InChI is InChI=1S/C9H11N3O2S/c1-14-9(13)12-8(15)11-7-5-3-2-4-6(7)10/h2-5H,10H2,1H3,(H2,11,12,13,15). The van der Waals surface area contributed by atoms with Gasteiger partial charge in [0.05, 0.1) is 18.5 Å². The van der Waals surface area contributed by atoms with E-state index in [0.29, 0.717) is 11.4 Å². The molecule has 1 rings (SSSR count). The van der Waals surface area contributed by atoms with E-state index >= 15 is 0 Å². The molecular weight excluding hydrogens is 214 g/mol. The first-order valence-corrected chi connectivity index (χ1v) is 4.54. The van der Waals surface area contributed by atoms with Gasteiger partial charge < -0.3 is 15.8 Å². The molecule has 0 heterocycles. The second-order valence-electron chi connectivity index (χ2n) is 2.66. The predicted molar refractivity (Wildman–Crippen MR) is 62.6 cm³/mol. The zero-order valence-corrected chi connectivity index (χ0v) is 8.93. The molecule has 0 aromatic heterocycles. The van der Waals surface area contributed by atoms with Crippen LogP contribution in [0.3, 0.4) is 0 Å². The molecule has 0 saturated heterocycles. The first-order chi connectivity index (χ1) is 7.13. The van der Waals surface area contributed by atoms with E-state index in [1.54, 1.807) is 24.3 Å². The Balaban J connectivity index is 2.59. The minimum Gasteiger partial charge on any atom is -0.453 e. The molecule has 1 aromatic carbocycles. The third-order valence-corrected chi connectivity index (χ3v) is 1.81. The van der Waals surface area contributed by atoms with Crippen LogP contribution in [-0.2, 0) is 4.74 Å². The number of hydrogen-bond acceptors (Lipinski definition) is 4. The van der Waals surface area contributed by atoms with Crippen LogP contribution in [0.2, 0.25) is 0 Å². The highest BCUT2D eigenvalue weighted by atomic mass is 32.1. The Morgan fingerprint density at radius 1 is 1.47 bits per heavy atom. The third-order valence-electron chi connectivity index (χ3n) is 1.61. The van der Waals surface area contributed by atoms with E-state index in [1.807, 2.05) is 0 Å². The minimum absolute atomic E-state index is 0.139. The van der Waals surface area contributed by atoms with E-state index in [0.717, 1.165) is 0 Å². The molecule has 0 atom stereocenters. The molecule has 80 valence electrons. The summed E-state index contributed by atoms with van der Waals surface area (Å²) in [4.78, 5) is 10.8. The normalized spacial score (nSPS) is 9.13. The molecule has 0 aliphatic carbocycles. The van der Waals surface area contributed by atoms with Gasteiger partial charge in [-0.3, -0.25) is 5.32 Å². The van der Waals surface area contributed by atoms with Gasteiger partial charge in [-0.2, -0.15) is 0 Å². The van der Waals surface area contributed by atoms with Crippen molar-refractivity contribution in [2.24, 2.45) is 0 Å². The van der Waals surface area contributed by atoms with Crippen LogP contribution in [0.5, 0.6) is 0 Å². The average molecular weight is 225 g/mol. The quantitative estimate of drug-likeness (QED) is 0.496. The molecule has 15 heavy (non-hydrogen) atoms. The number of nitrogens with one attached hydrogen (secondary N) is 2. The van der Waals surface area contributed by atoms with Crippen LogP contribution in [0.15, 0.2) is 24.3 Å². The molecule has 0 aliphatic rings.